The molecule has 0 heterocycles. The lowest BCUT2D eigenvalue weighted by Gasteiger charge is -2.60. The highest BCUT2D eigenvalue weighted by atomic mass is 15.4. The molecular formula is C64H124N+. The first-order valence-corrected chi connectivity index (χ1v) is 31.4. The average Bonchev–Trinajstić information content (AvgIpc) is 3.62. The van der Waals surface area contributed by atoms with E-state index in [1.807, 2.05) is 0 Å². The van der Waals surface area contributed by atoms with Gasteiger partial charge in [-0.05, 0) is 111 Å². The van der Waals surface area contributed by atoms with E-state index < -0.39 is 0 Å². The van der Waals surface area contributed by atoms with Crippen molar-refractivity contribution >= 4 is 0 Å². The van der Waals surface area contributed by atoms with E-state index in [4.69, 9.17) is 0 Å². The van der Waals surface area contributed by atoms with E-state index in [1.165, 1.54) is 255 Å². The maximum Gasteiger partial charge on any atom is 0.0927 e. The molecule has 65 heavy (non-hydrogen) atoms. The van der Waals surface area contributed by atoms with Gasteiger partial charge in [0.15, 0.2) is 0 Å². The van der Waals surface area contributed by atoms with E-state index in [0.29, 0.717) is 10.8 Å². The smallest absolute Gasteiger partial charge is 0.0927 e. The van der Waals surface area contributed by atoms with Gasteiger partial charge in [-0.25, -0.2) is 0 Å². The fraction of sp³-hybridized carbons (Fsp3) is 1.00. The number of hydrogen-bond donors (Lipinski definition) is 0. The van der Waals surface area contributed by atoms with Crippen LogP contribution in [-0.4, -0.2) is 30.7 Å². The molecule has 0 amide bonds. The molecule has 9 atom stereocenters. The van der Waals surface area contributed by atoms with E-state index in [0.717, 1.165) is 47.5 Å². The van der Waals surface area contributed by atoms with Gasteiger partial charge in [-0.2, -0.15) is 0 Å². The molecule has 0 aliphatic heterocycles. The Morgan fingerprint density at radius 3 is 1.29 bits per heavy atom. The van der Waals surface area contributed by atoms with Gasteiger partial charge in [0.05, 0.1) is 26.2 Å². The van der Waals surface area contributed by atoms with E-state index in [1.54, 1.807) is 44.9 Å². The second-order valence-corrected chi connectivity index (χ2v) is 26.1. The van der Waals surface area contributed by atoms with Crippen molar-refractivity contribution in [2.24, 2.45) is 52.3 Å². The first-order chi connectivity index (χ1) is 31.6. The lowest BCUT2D eigenvalue weighted by atomic mass is 9.44. The maximum absolute atomic E-state index is 2.92. The summed E-state index contributed by atoms with van der Waals surface area (Å²) in [6.07, 6.45) is 65.5. The number of unbranched alkanes of at least 4 members (excludes halogenated alkanes) is 30. The van der Waals surface area contributed by atoms with Crippen LogP contribution in [0.1, 0.15) is 331 Å². The third-order valence-corrected chi connectivity index (χ3v) is 20.6. The van der Waals surface area contributed by atoms with Crippen LogP contribution in [0.5, 0.6) is 0 Å². The van der Waals surface area contributed by atoms with Crippen LogP contribution in [0.3, 0.4) is 0 Å². The zero-order chi connectivity index (χ0) is 46.6. The van der Waals surface area contributed by atoms with Crippen LogP contribution in [0, 0.1) is 52.3 Å². The molecule has 4 saturated carbocycles. The molecule has 4 fully saturated rings. The zero-order valence-corrected chi connectivity index (χ0v) is 46.6. The Kier molecular flexibility index (Phi) is 29.0. The molecule has 4 aliphatic carbocycles. The first kappa shape index (κ1) is 57.5. The van der Waals surface area contributed by atoms with E-state index >= 15 is 0 Å². The molecule has 0 N–H and O–H groups in total. The topological polar surface area (TPSA) is 0 Å². The zero-order valence-electron chi connectivity index (χ0n) is 46.6. The van der Waals surface area contributed by atoms with Crippen LogP contribution >= 0.6 is 0 Å². The second kappa shape index (κ2) is 32.8. The highest BCUT2D eigenvalue weighted by Crippen LogP contribution is 2.69. The normalized spacial score (nSPS) is 28.4. The van der Waals surface area contributed by atoms with Crippen LogP contribution in [0.15, 0.2) is 0 Å². The van der Waals surface area contributed by atoms with Gasteiger partial charge in [0, 0.05) is 12.3 Å². The van der Waals surface area contributed by atoms with Crippen molar-refractivity contribution in [2.45, 2.75) is 337 Å². The van der Waals surface area contributed by atoms with Gasteiger partial charge >= 0.3 is 0 Å². The molecular weight excluding hydrogens is 783 g/mol. The summed E-state index contributed by atoms with van der Waals surface area (Å²) in [5.41, 5.74) is 1.21. The quantitative estimate of drug-likeness (QED) is 0.0425. The molecule has 2 unspecified atom stereocenters. The van der Waals surface area contributed by atoms with Gasteiger partial charge in [-0.15, -0.1) is 0 Å². The van der Waals surface area contributed by atoms with Crippen molar-refractivity contribution in [1.82, 2.24) is 0 Å². The molecule has 0 spiro atoms. The summed E-state index contributed by atoms with van der Waals surface area (Å²) in [4.78, 5) is 0. The molecule has 4 rings (SSSR count). The van der Waals surface area contributed by atoms with Gasteiger partial charge < -0.3 is 4.48 Å². The largest absolute Gasteiger partial charge is 0.323 e. The summed E-state index contributed by atoms with van der Waals surface area (Å²) in [5.74, 6) is 6.70. The van der Waals surface area contributed by atoms with Gasteiger partial charge in [-0.1, -0.05) is 260 Å². The van der Waals surface area contributed by atoms with Crippen molar-refractivity contribution in [1.29, 1.82) is 0 Å². The number of quaternary nitrogens is 1. The number of rotatable bonds is 40. The molecule has 0 aromatic heterocycles. The molecule has 0 aromatic rings. The predicted molar refractivity (Wildman–Crippen MR) is 292 cm³/mol. The molecule has 0 radical (unpaired) electrons. The summed E-state index contributed by atoms with van der Waals surface area (Å²) < 4.78 is 1.43. The summed E-state index contributed by atoms with van der Waals surface area (Å²) in [6, 6.07) is 0.891. The summed E-state index contributed by atoms with van der Waals surface area (Å²) >= 11 is 0. The van der Waals surface area contributed by atoms with E-state index in [-0.39, 0.29) is 0 Å². The Balaban J connectivity index is 1.32. The SMILES string of the molecule is CCCCCCCCCCCCCCCCCC[N+](C)(CCCCCCCCCCCCCCCCCC)C1C[C@H]2[C@@H]3CCC4CCCC[C@]4(C)[C@H]3CC[C@]2(C)[C@H]1[C@H](C)CCCC(C)C. The standard InChI is InChI=1S/C64H124N/c1-9-11-13-15-17-19-21-23-25-27-29-31-33-35-37-41-52-65(8,53-42-38-36-34-32-30-28-26-24-22-20-18-16-14-12-10-2)61-54-60-58-48-47-57-46-39-40-50-63(57,6)59(58)49-51-64(60,7)62(61)56(5)45-43-44-55(3)4/h55-62H,9-54H2,1-8H3/q+1/t56-,57?,58-,59+,60+,61?,62+,63+,64+/m1/s1. The third-order valence-electron chi connectivity index (χ3n) is 20.6. The van der Waals surface area contributed by atoms with E-state index in [9.17, 15) is 0 Å². The lowest BCUT2D eigenvalue weighted by molar-refractivity contribution is -0.937. The molecule has 0 saturated heterocycles. The third kappa shape index (κ3) is 19.2. The van der Waals surface area contributed by atoms with Crippen LogP contribution in [0.4, 0.5) is 0 Å². The fourth-order valence-electron chi connectivity index (χ4n) is 16.5. The molecule has 0 bridgehead atoms. The lowest BCUT2D eigenvalue weighted by Crippen LogP contribution is -2.57. The molecule has 4 aliphatic rings. The van der Waals surface area contributed by atoms with Crippen molar-refractivity contribution < 1.29 is 4.48 Å². The van der Waals surface area contributed by atoms with Crippen molar-refractivity contribution in [2.75, 3.05) is 20.1 Å². The predicted octanol–water partition coefficient (Wildman–Crippen LogP) is 21.4. The van der Waals surface area contributed by atoms with Gasteiger partial charge in [-0.3, -0.25) is 0 Å². The van der Waals surface area contributed by atoms with Crippen molar-refractivity contribution in [3.05, 3.63) is 0 Å². The molecule has 1 heteroatoms. The Morgan fingerprint density at radius 1 is 0.431 bits per heavy atom. The Bertz CT molecular complexity index is 1100. The van der Waals surface area contributed by atoms with Crippen LogP contribution < -0.4 is 0 Å². The number of nitrogens with zero attached hydrogens (tertiary/aromatic N) is 1. The highest BCUT2D eigenvalue weighted by molar-refractivity contribution is 5.12. The summed E-state index contributed by atoms with van der Waals surface area (Å²) in [6.45, 7) is 21.1. The van der Waals surface area contributed by atoms with Crippen LogP contribution in [-0.2, 0) is 0 Å². The Morgan fingerprint density at radius 2 is 0.862 bits per heavy atom. The fourth-order valence-corrected chi connectivity index (χ4v) is 16.5. The summed E-state index contributed by atoms with van der Waals surface area (Å²) in [5, 5.41) is 0. The van der Waals surface area contributed by atoms with Gasteiger partial charge in [0.2, 0.25) is 0 Å². The number of fused-ring (bicyclic) bond motifs is 5. The molecule has 0 aromatic carbocycles. The maximum atomic E-state index is 2.92. The number of hydrogen-bond acceptors (Lipinski definition) is 0. The Hall–Kier alpha value is -0.0400. The molecule has 384 valence electrons. The minimum Gasteiger partial charge on any atom is -0.323 e. The Labute approximate surface area is 412 Å². The van der Waals surface area contributed by atoms with Crippen molar-refractivity contribution in [3.63, 3.8) is 0 Å². The van der Waals surface area contributed by atoms with Gasteiger partial charge in [0.1, 0.15) is 0 Å². The van der Waals surface area contributed by atoms with Crippen LogP contribution in [0.2, 0.25) is 0 Å². The second-order valence-electron chi connectivity index (χ2n) is 26.1. The minimum atomic E-state index is 0.559. The van der Waals surface area contributed by atoms with Gasteiger partial charge in [0.25, 0.3) is 0 Å². The van der Waals surface area contributed by atoms with Crippen LogP contribution in [0.25, 0.3) is 0 Å². The van der Waals surface area contributed by atoms with Crippen molar-refractivity contribution in [3.8, 4) is 0 Å². The van der Waals surface area contributed by atoms with E-state index in [2.05, 4.69) is 55.5 Å². The summed E-state index contributed by atoms with van der Waals surface area (Å²) in [7, 11) is 2.85. The first-order valence-electron chi connectivity index (χ1n) is 31.4. The molecule has 1 nitrogen and oxygen atoms in total. The minimum absolute atomic E-state index is 0.559. The average molecular weight is 908 g/mol. The monoisotopic (exact) mass is 907 g/mol. The highest BCUT2D eigenvalue weighted by Gasteiger charge is 2.65.